The Balaban J connectivity index is -0.000000260. The summed E-state index contributed by atoms with van der Waals surface area (Å²) in [5.41, 5.74) is 0. The maximum absolute atomic E-state index is 4.89. The molecule has 0 N–H and O–H groups in total. The first-order chi connectivity index (χ1) is 9.67. The van der Waals surface area contributed by atoms with Crippen molar-refractivity contribution in [1.29, 1.82) is 0 Å². The van der Waals surface area contributed by atoms with Gasteiger partial charge in [0.25, 0.3) is 0 Å². The zero-order valence-corrected chi connectivity index (χ0v) is 18.4. The van der Waals surface area contributed by atoms with Crippen LogP contribution in [0.2, 0.25) is 0 Å². The molecular formula is C16H36Cl2N2Ti-2. The summed E-state index contributed by atoms with van der Waals surface area (Å²) in [4.78, 5) is 0. The number of hydrogen-bond acceptors (Lipinski definition) is 0. The van der Waals surface area contributed by atoms with Crippen LogP contribution in [-0.4, -0.2) is 26.2 Å². The predicted molar refractivity (Wildman–Crippen MR) is 97.2 cm³/mol. The average molecular weight is 375 g/mol. The molecule has 0 aromatic carbocycles. The Bertz CT molecular complexity index is 144. The third-order valence-electron chi connectivity index (χ3n) is 1.98. The van der Waals surface area contributed by atoms with Crippen LogP contribution in [0.3, 0.4) is 0 Å². The van der Waals surface area contributed by atoms with Gasteiger partial charge in [-0.15, -0.1) is 26.2 Å². The molecule has 0 fully saturated rings. The molecule has 0 spiro atoms. The Kier molecular flexibility index (Phi) is 27.4. The number of nitrogens with zero attached hydrogens (tertiary/aromatic N) is 2. The Morgan fingerprint density at radius 2 is 0.714 bits per heavy atom. The molecule has 0 radical (unpaired) electrons. The molecule has 5 heteroatoms. The molecule has 0 aromatic heterocycles. The predicted octanol–water partition coefficient (Wildman–Crippen LogP) is 6.72. The first-order valence-corrected chi connectivity index (χ1v) is 12.2. The average Bonchev–Trinajstić information content (AvgIpc) is 2.28. The van der Waals surface area contributed by atoms with Gasteiger partial charge < -0.3 is 10.6 Å². The van der Waals surface area contributed by atoms with Crippen molar-refractivity contribution in [3.8, 4) is 0 Å². The molecule has 0 saturated carbocycles. The Hall–Kier alpha value is 1.21. The summed E-state index contributed by atoms with van der Waals surface area (Å²) < 4.78 is 0. The summed E-state index contributed by atoms with van der Waals surface area (Å²) in [7, 11) is 9.78. The van der Waals surface area contributed by atoms with Crippen LogP contribution in [-0.2, 0) is 17.0 Å². The fourth-order valence-electron chi connectivity index (χ4n) is 1.18. The van der Waals surface area contributed by atoms with E-state index in [4.69, 9.17) is 18.6 Å². The second kappa shape index (κ2) is 21.2. The molecule has 0 aliphatic heterocycles. The van der Waals surface area contributed by atoms with Crippen molar-refractivity contribution in [2.75, 3.05) is 26.2 Å². The van der Waals surface area contributed by atoms with Gasteiger partial charge in [0, 0.05) is 0 Å². The monoisotopic (exact) mass is 374 g/mol. The van der Waals surface area contributed by atoms with Crippen molar-refractivity contribution in [3.63, 3.8) is 0 Å². The molecule has 0 atom stereocenters. The van der Waals surface area contributed by atoms with E-state index in [2.05, 4.69) is 66.0 Å². The van der Waals surface area contributed by atoms with Crippen LogP contribution in [0.15, 0.2) is 0 Å². The summed E-state index contributed by atoms with van der Waals surface area (Å²) in [6, 6.07) is 0. The van der Waals surface area contributed by atoms with Crippen molar-refractivity contribution >= 4 is 18.6 Å². The van der Waals surface area contributed by atoms with Gasteiger partial charge in [0.1, 0.15) is 0 Å². The van der Waals surface area contributed by atoms with Crippen molar-refractivity contribution in [2.24, 2.45) is 23.7 Å². The van der Waals surface area contributed by atoms with E-state index in [1.807, 2.05) is 0 Å². The van der Waals surface area contributed by atoms with Crippen molar-refractivity contribution in [1.82, 2.24) is 0 Å². The van der Waals surface area contributed by atoms with E-state index in [0.717, 1.165) is 49.9 Å². The molecule has 130 valence electrons. The summed E-state index contributed by atoms with van der Waals surface area (Å²) in [5.74, 6) is 2.90. The number of halogens is 2. The summed E-state index contributed by atoms with van der Waals surface area (Å²) in [6.07, 6.45) is 0. The molecule has 0 rings (SSSR count). The van der Waals surface area contributed by atoms with Gasteiger partial charge >= 0.3 is 35.6 Å². The van der Waals surface area contributed by atoms with Gasteiger partial charge in [0.2, 0.25) is 0 Å². The molecule has 0 aromatic rings. The van der Waals surface area contributed by atoms with E-state index in [1.54, 1.807) is 0 Å². The second-order valence-corrected chi connectivity index (χ2v) is 9.40. The van der Waals surface area contributed by atoms with Gasteiger partial charge in [0.15, 0.2) is 0 Å². The van der Waals surface area contributed by atoms with Crippen LogP contribution in [0.25, 0.3) is 10.6 Å². The SMILES string of the molecule is CC(C)C[N-]CC(C)C.CC(C)C[N-]CC(C)C.[Cl][Ti][Cl]. The van der Waals surface area contributed by atoms with E-state index in [9.17, 15) is 0 Å². The molecule has 2 nitrogen and oxygen atoms in total. The quantitative estimate of drug-likeness (QED) is 0.421. The van der Waals surface area contributed by atoms with Crippen LogP contribution < -0.4 is 0 Å². The van der Waals surface area contributed by atoms with Crippen LogP contribution in [0, 0.1) is 23.7 Å². The fourth-order valence-corrected chi connectivity index (χ4v) is 1.18. The molecular weight excluding hydrogens is 339 g/mol. The molecule has 0 heterocycles. The van der Waals surface area contributed by atoms with E-state index in [-0.39, 0.29) is 0 Å². The van der Waals surface area contributed by atoms with Crippen LogP contribution in [0.1, 0.15) is 55.4 Å². The third kappa shape index (κ3) is 44.9. The van der Waals surface area contributed by atoms with Crippen molar-refractivity contribution in [2.45, 2.75) is 55.4 Å². The first kappa shape index (κ1) is 27.1. The van der Waals surface area contributed by atoms with Gasteiger partial charge in [-0.3, -0.25) is 0 Å². The fraction of sp³-hybridized carbons (Fsp3) is 1.00. The minimum atomic E-state index is -0.556. The Labute approximate surface area is 151 Å². The van der Waals surface area contributed by atoms with Gasteiger partial charge in [-0.25, -0.2) is 0 Å². The standard InChI is InChI=1S/2C8H18N.2ClH.Ti/c2*1-7(2)5-9-6-8(3)4;;;/h2*7-8H,5-6H2,1-4H3;2*1H;/q2*-1;;;+2/p-2. The second-order valence-electron chi connectivity index (χ2n) is 6.82. The maximum atomic E-state index is 4.89. The summed E-state index contributed by atoms with van der Waals surface area (Å²) >= 11 is -0.556. The summed E-state index contributed by atoms with van der Waals surface area (Å²) in [5, 5.41) is 8.74. The van der Waals surface area contributed by atoms with Crippen LogP contribution >= 0.6 is 18.6 Å². The minimum absolute atomic E-state index is 0.556. The van der Waals surface area contributed by atoms with Crippen molar-refractivity contribution in [3.05, 3.63) is 10.6 Å². The normalized spacial score (nSPS) is 10.4. The van der Waals surface area contributed by atoms with E-state index in [0.29, 0.717) is 0 Å². The van der Waals surface area contributed by atoms with Gasteiger partial charge in [0.05, 0.1) is 0 Å². The van der Waals surface area contributed by atoms with Gasteiger partial charge in [-0.05, 0) is 0 Å². The molecule has 21 heavy (non-hydrogen) atoms. The van der Waals surface area contributed by atoms with E-state index >= 15 is 0 Å². The molecule has 0 saturated heterocycles. The topological polar surface area (TPSA) is 28.2 Å². The zero-order valence-electron chi connectivity index (χ0n) is 15.3. The van der Waals surface area contributed by atoms with E-state index < -0.39 is 17.0 Å². The molecule has 0 unspecified atom stereocenters. The molecule has 0 aliphatic carbocycles. The van der Waals surface area contributed by atoms with Crippen LogP contribution in [0.5, 0.6) is 0 Å². The Morgan fingerprint density at radius 3 is 0.810 bits per heavy atom. The van der Waals surface area contributed by atoms with Crippen LogP contribution in [0.4, 0.5) is 0 Å². The van der Waals surface area contributed by atoms with E-state index in [1.165, 1.54) is 0 Å². The third-order valence-corrected chi connectivity index (χ3v) is 1.98. The number of rotatable bonds is 8. The zero-order chi connectivity index (χ0) is 17.3. The molecule has 0 aliphatic rings. The van der Waals surface area contributed by atoms with Gasteiger partial charge in [-0.1, -0.05) is 79.1 Å². The molecule has 0 bridgehead atoms. The first-order valence-electron chi connectivity index (χ1n) is 7.89. The Morgan fingerprint density at radius 1 is 0.571 bits per heavy atom. The van der Waals surface area contributed by atoms with Crippen molar-refractivity contribution < 1.29 is 17.0 Å². The van der Waals surface area contributed by atoms with Gasteiger partial charge in [-0.2, -0.15) is 0 Å². The number of hydrogen-bond donors (Lipinski definition) is 0. The summed E-state index contributed by atoms with van der Waals surface area (Å²) in [6.45, 7) is 21.7. The molecule has 0 amide bonds.